The normalized spacial score (nSPS) is 42.0. The first-order chi connectivity index (χ1) is 48.7. The molecule has 0 aromatic heterocycles. The molecule has 20 aliphatic carbocycles. The summed E-state index contributed by atoms with van der Waals surface area (Å²) in [6.45, 7) is 10.8. The van der Waals surface area contributed by atoms with E-state index in [2.05, 4.69) is 0 Å². The summed E-state index contributed by atoms with van der Waals surface area (Å²) >= 11 is 0. The van der Waals surface area contributed by atoms with Gasteiger partial charge in [-0.15, -0.1) is 0 Å². The van der Waals surface area contributed by atoms with Crippen molar-refractivity contribution in [2.24, 2.45) is 107 Å². The summed E-state index contributed by atoms with van der Waals surface area (Å²) in [6.07, 6.45) is 12.0. The minimum absolute atomic E-state index is 0.000648. The molecule has 6 N–H and O–H groups in total. The molecule has 0 aliphatic heterocycles. The van der Waals surface area contributed by atoms with E-state index in [9.17, 15) is 103 Å². The fourth-order valence-electron chi connectivity index (χ4n) is 26.2. The van der Waals surface area contributed by atoms with Crippen LogP contribution in [0.3, 0.4) is 0 Å². The lowest BCUT2D eigenvalue weighted by molar-refractivity contribution is -0.249. The predicted molar refractivity (Wildman–Crippen MR) is 366 cm³/mol. The second-order valence-electron chi connectivity index (χ2n) is 41.8. The zero-order valence-electron chi connectivity index (χ0n) is 64.3. The Bertz CT molecular complexity index is 3230. The van der Waals surface area contributed by atoms with Crippen LogP contribution in [-0.4, -0.2) is 159 Å². The summed E-state index contributed by atoms with van der Waals surface area (Å²) in [6, 6.07) is 0. The SMILES string of the molecule is CC(C)(C(=O)OCC12CC3CC(CC(CO)(C3)C1)C2)C(F)(F)F.CC(C)(C(=O)OCC12CC3CC(CC(O)(C3)C1)C2)C(F)(F)F.CC(C)(C(=O)OCC12CC3CC(O)(CC(O)(C3)C1)C2)C(F)(F)F.CC(C)(F)C(=O)OCC12CC3CC(CC(CO)(C3)C1)C2.CC(C)(F)C(=O)OCC12CC3CC(CC(O)(C3)C1)C2. The van der Waals surface area contributed by atoms with E-state index in [0.29, 0.717) is 105 Å². The van der Waals surface area contributed by atoms with Gasteiger partial charge in [0.2, 0.25) is 11.3 Å². The van der Waals surface area contributed by atoms with Crippen LogP contribution in [0.1, 0.15) is 262 Å². The summed E-state index contributed by atoms with van der Waals surface area (Å²) in [5.74, 6) is -0.845. The molecule has 0 radical (unpaired) electrons. The number of aliphatic hydroxyl groups excluding tert-OH is 2. The number of carbonyl (C=O) groups is 5. The summed E-state index contributed by atoms with van der Waals surface area (Å²) in [5.41, 5.74) is -15.9. The van der Waals surface area contributed by atoms with E-state index >= 15 is 0 Å². The van der Waals surface area contributed by atoms with E-state index in [1.807, 2.05) is 0 Å². The van der Waals surface area contributed by atoms with E-state index in [1.54, 1.807) is 0 Å². The molecule has 16 nitrogen and oxygen atoms in total. The van der Waals surface area contributed by atoms with Crippen LogP contribution >= 0.6 is 0 Å². The van der Waals surface area contributed by atoms with Gasteiger partial charge >= 0.3 is 48.4 Å². The van der Waals surface area contributed by atoms with Crippen molar-refractivity contribution >= 4 is 29.8 Å². The van der Waals surface area contributed by atoms with Gasteiger partial charge in [0.05, 0.1) is 55.4 Å². The summed E-state index contributed by atoms with van der Waals surface area (Å²) < 4.78 is 169. The van der Waals surface area contributed by atoms with E-state index in [-0.39, 0.29) is 78.0 Å². The lowest BCUT2D eigenvalue weighted by atomic mass is 9.44. The van der Waals surface area contributed by atoms with Crippen LogP contribution in [0.4, 0.5) is 48.3 Å². The minimum atomic E-state index is -4.68. The maximum atomic E-state index is 13.6. The molecule has 20 fully saturated rings. The fraction of sp³-hybridized carbons (Fsp3) is 0.938. The Hall–Kier alpha value is -3.66. The number of hydrogen-bond donors (Lipinski definition) is 6. The maximum absolute atomic E-state index is 13.6. The smallest absolute Gasteiger partial charge is 0.404 e. The van der Waals surface area contributed by atoms with Crippen molar-refractivity contribution in [1.29, 1.82) is 0 Å². The molecule has 0 amide bonds. The highest BCUT2D eigenvalue weighted by Gasteiger charge is 2.67. The van der Waals surface area contributed by atoms with Crippen LogP contribution in [0.15, 0.2) is 0 Å². The highest BCUT2D eigenvalue weighted by molar-refractivity contribution is 5.79. The van der Waals surface area contributed by atoms with Gasteiger partial charge in [-0.2, -0.15) is 39.5 Å². The van der Waals surface area contributed by atoms with Gasteiger partial charge in [0.1, 0.15) is 0 Å². The Morgan fingerprint density at radius 3 is 0.692 bits per heavy atom. The van der Waals surface area contributed by atoms with Gasteiger partial charge < -0.3 is 54.3 Å². The third kappa shape index (κ3) is 17.5. The highest BCUT2D eigenvalue weighted by Crippen LogP contribution is 2.69. The van der Waals surface area contributed by atoms with E-state index in [1.165, 1.54) is 40.5 Å². The number of halogens is 11. The number of alkyl halides is 11. The molecule has 0 aromatic carbocycles. The molecule has 0 spiro atoms. The van der Waals surface area contributed by atoms with Gasteiger partial charge in [-0.05, 0) is 320 Å². The number of ether oxygens (including phenoxy) is 5. The Balaban J connectivity index is 0.000000133. The van der Waals surface area contributed by atoms with Crippen molar-refractivity contribution in [3.05, 3.63) is 0 Å². The molecule has 20 bridgehead atoms. The standard InChI is InChI=1S/C17H25F3O3.C16H23F3O4.C16H23F3O3.C16H25FO3.C15H23FO3/c1-14(2,17(18,19)20)13(22)23-10-16-6-11-3-12(7-16)5-15(4-11,8-16)9-21;1-12(2,16(17,18)19)11(20)23-9-13-3-10-4-14(21,6-13)8-15(22,5-10)7-13;1-13(2,16(17,18)19)12(20)22-9-14-4-10-3-11(5-14)7-15(21,6-10)8-14;1-14(2,17)13(19)20-10-16-6-11-3-12(7-16)5-15(4-11,8-16)9-18;1-13(2,16)12(17)19-9-14-4-10-3-11(5-14)7-15(18,6-10)8-14/h11-12,21H,3-10H2,1-2H3;10,21-22H,3-9H2,1-2H3;10-11,21H,3-9H2,1-2H3;11-12,18H,3-10H2,1-2H3;10-11,18H,3-9H2,1-2H3. The number of aliphatic hydroxyl groups is 6. The summed E-state index contributed by atoms with van der Waals surface area (Å²) in [4.78, 5) is 59.0. The molecule has 20 aliphatic rings. The lowest BCUT2D eigenvalue weighted by Gasteiger charge is -2.63. The van der Waals surface area contributed by atoms with Gasteiger partial charge in [-0.1, -0.05) is 0 Å². The third-order valence-corrected chi connectivity index (χ3v) is 28.9. The van der Waals surface area contributed by atoms with Crippen LogP contribution in [-0.2, 0) is 47.7 Å². The van der Waals surface area contributed by atoms with Crippen LogP contribution < -0.4 is 0 Å². The van der Waals surface area contributed by atoms with Crippen LogP contribution in [0.25, 0.3) is 0 Å². The predicted octanol–water partition coefficient (Wildman–Crippen LogP) is 15.2. The molecular formula is C80H119F11O16. The largest absolute Gasteiger partial charge is 0.464 e. The van der Waals surface area contributed by atoms with Crippen molar-refractivity contribution in [3.63, 3.8) is 0 Å². The van der Waals surface area contributed by atoms with Crippen LogP contribution in [0.5, 0.6) is 0 Å². The summed E-state index contributed by atoms with van der Waals surface area (Å²) in [7, 11) is 0. The maximum Gasteiger partial charge on any atom is 0.404 e. The van der Waals surface area contributed by atoms with Crippen molar-refractivity contribution in [1.82, 2.24) is 0 Å². The first-order valence-electron chi connectivity index (χ1n) is 39.3. The lowest BCUT2D eigenvalue weighted by Crippen LogP contribution is -2.64. The number of rotatable bonds is 17. The number of carbonyl (C=O) groups excluding carboxylic acids is 5. The quantitative estimate of drug-likeness (QED) is 0.0450. The van der Waals surface area contributed by atoms with Crippen LogP contribution in [0, 0.1) is 107 Å². The van der Waals surface area contributed by atoms with Gasteiger partial charge in [0.25, 0.3) is 0 Å². The van der Waals surface area contributed by atoms with E-state index < -0.39 is 104 Å². The second kappa shape index (κ2) is 27.8. The van der Waals surface area contributed by atoms with Gasteiger partial charge in [0, 0.05) is 46.7 Å². The Labute approximate surface area is 621 Å². The fourth-order valence-corrected chi connectivity index (χ4v) is 26.2. The van der Waals surface area contributed by atoms with Crippen molar-refractivity contribution in [2.45, 2.75) is 314 Å². The highest BCUT2D eigenvalue weighted by atomic mass is 19.4. The molecular weight excluding hydrogens is 1430 g/mol. The Morgan fingerprint density at radius 1 is 0.271 bits per heavy atom. The van der Waals surface area contributed by atoms with Crippen molar-refractivity contribution in [2.75, 3.05) is 46.2 Å². The van der Waals surface area contributed by atoms with E-state index in [4.69, 9.17) is 23.7 Å². The zero-order chi connectivity index (χ0) is 79.3. The second-order valence-corrected chi connectivity index (χ2v) is 41.8. The molecule has 20 saturated carbocycles. The molecule has 0 heterocycles. The molecule has 20 rings (SSSR count). The van der Waals surface area contributed by atoms with Gasteiger partial charge in [-0.25, -0.2) is 18.4 Å². The molecule has 0 saturated heterocycles. The molecule has 27 heteroatoms. The van der Waals surface area contributed by atoms with E-state index in [0.717, 1.165) is 170 Å². The average molecular weight is 1550 g/mol. The monoisotopic (exact) mass is 1540 g/mol. The topological polar surface area (TPSA) is 253 Å². The summed E-state index contributed by atoms with van der Waals surface area (Å²) in [5, 5.41) is 62.0. The van der Waals surface area contributed by atoms with Crippen molar-refractivity contribution in [3.8, 4) is 0 Å². The minimum Gasteiger partial charge on any atom is -0.464 e. The van der Waals surface area contributed by atoms with Gasteiger partial charge in [0.15, 0.2) is 16.2 Å². The first kappa shape index (κ1) is 84.3. The Kier molecular flexibility index (Phi) is 21.9. The van der Waals surface area contributed by atoms with Gasteiger partial charge in [-0.3, -0.25) is 14.4 Å². The van der Waals surface area contributed by atoms with Crippen LogP contribution in [0.2, 0.25) is 0 Å². The Morgan fingerprint density at radius 2 is 0.467 bits per heavy atom. The molecule has 0 aromatic rings. The number of esters is 5. The zero-order valence-corrected chi connectivity index (χ0v) is 64.3. The molecule has 10 unspecified atom stereocenters. The molecule has 10 atom stereocenters. The molecule has 107 heavy (non-hydrogen) atoms. The third-order valence-electron chi connectivity index (χ3n) is 28.9. The molecule has 612 valence electrons. The number of hydrogen-bond acceptors (Lipinski definition) is 16. The first-order valence-corrected chi connectivity index (χ1v) is 39.3. The average Bonchev–Trinajstić information content (AvgIpc) is 0.753. The van der Waals surface area contributed by atoms with Crippen molar-refractivity contribution < 1.29 is 127 Å².